The van der Waals surface area contributed by atoms with Gasteiger partial charge in [-0.15, -0.1) is 5.10 Å². The third kappa shape index (κ3) is 3.36. The van der Waals surface area contributed by atoms with Crippen LogP contribution in [0.5, 0.6) is 0 Å². The summed E-state index contributed by atoms with van der Waals surface area (Å²) in [5, 5.41) is 20.7. The number of tetrazole rings is 1. The topological polar surface area (TPSA) is 101 Å². The first-order chi connectivity index (χ1) is 13.4. The van der Waals surface area contributed by atoms with E-state index in [-0.39, 0.29) is 29.5 Å². The minimum Gasteiger partial charge on any atom is -0.481 e. The van der Waals surface area contributed by atoms with Gasteiger partial charge in [-0.1, -0.05) is 12.1 Å². The average molecular weight is 387 g/mol. The van der Waals surface area contributed by atoms with Crippen LogP contribution >= 0.6 is 0 Å². The van der Waals surface area contributed by atoms with Crippen LogP contribution in [-0.4, -0.2) is 55.2 Å². The van der Waals surface area contributed by atoms with E-state index in [0.717, 1.165) is 0 Å². The van der Waals surface area contributed by atoms with E-state index >= 15 is 0 Å². The molecule has 1 saturated carbocycles. The molecule has 9 heteroatoms. The number of hydrogen-bond acceptors (Lipinski definition) is 5. The average Bonchev–Trinajstić information content (AvgIpc) is 3.21. The fourth-order valence-electron chi connectivity index (χ4n) is 4.32. The maximum Gasteiger partial charge on any atom is 0.307 e. The number of rotatable bonds is 5. The zero-order valence-corrected chi connectivity index (χ0v) is 15.6. The Balaban J connectivity index is 1.51. The molecule has 1 aliphatic heterocycles. The SMILES string of the molecule is Cc1nnnn1C(Cc1cccc(F)c1)C(=O)N1CCC2(CC1)CC2C(=O)O. The molecule has 2 atom stereocenters. The molecule has 4 rings (SSSR count). The third-order valence-corrected chi connectivity index (χ3v) is 6.11. The van der Waals surface area contributed by atoms with E-state index in [1.807, 2.05) is 0 Å². The van der Waals surface area contributed by atoms with Crippen LogP contribution in [0.1, 0.15) is 36.7 Å². The second kappa shape index (κ2) is 6.96. The van der Waals surface area contributed by atoms with Crippen LogP contribution in [0.4, 0.5) is 4.39 Å². The number of carboxylic acid groups (broad SMARTS) is 1. The molecule has 28 heavy (non-hydrogen) atoms. The standard InChI is InChI=1S/C19H22FN5O3/c1-12-21-22-23-25(12)16(10-13-3-2-4-14(20)9-13)17(26)24-7-5-19(6-8-24)11-15(19)18(27)28/h2-4,9,15-16H,5-8,10-11H2,1H3,(H,27,28). The lowest BCUT2D eigenvalue weighted by atomic mass is 9.90. The minimum absolute atomic E-state index is 0.123. The van der Waals surface area contributed by atoms with Crippen molar-refractivity contribution in [3.8, 4) is 0 Å². The van der Waals surface area contributed by atoms with Gasteiger partial charge in [0, 0.05) is 19.5 Å². The molecule has 1 aromatic heterocycles. The zero-order valence-electron chi connectivity index (χ0n) is 15.6. The number of halogens is 1. The van der Waals surface area contributed by atoms with Crippen molar-refractivity contribution in [2.75, 3.05) is 13.1 Å². The van der Waals surface area contributed by atoms with Crippen LogP contribution in [0.15, 0.2) is 24.3 Å². The Morgan fingerprint density at radius 1 is 1.36 bits per heavy atom. The third-order valence-electron chi connectivity index (χ3n) is 6.11. The van der Waals surface area contributed by atoms with Gasteiger partial charge in [-0.05, 0) is 59.7 Å². The van der Waals surface area contributed by atoms with Gasteiger partial charge in [0.15, 0.2) is 0 Å². The number of carboxylic acids is 1. The summed E-state index contributed by atoms with van der Waals surface area (Å²) in [6, 6.07) is 5.49. The van der Waals surface area contributed by atoms with Gasteiger partial charge in [-0.2, -0.15) is 0 Å². The first kappa shape index (κ1) is 18.5. The molecule has 1 N–H and O–H groups in total. The van der Waals surface area contributed by atoms with Crippen molar-refractivity contribution in [3.05, 3.63) is 41.5 Å². The predicted molar refractivity (Wildman–Crippen MR) is 95.7 cm³/mol. The monoisotopic (exact) mass is 387 g/mol. The van der Waals surface area contributed by atoms with Crippen LogP contribution in [0.25, 0.3) is 0 Å². The lowest BCUT2D eigenvalue weighted by Gasteiger charge is -2.35. The Morgan fingerprint density at radius 2 is 2.11 bits per heavy atom. The first-order valence-corrected chi connectivity index (χ1v) is 9.40. The van der Waals surface area contributed by atoms with Crippen LogP contribution in [0, 0.1) is 24.1 Å². The van der Waals surface area contributed by atoms with Crippen LogP contribution < -0.4 is 0 Å². The van der Waals surface area contributed by atoms with Crippen molar-refractivity contribution in [1.29, 1.82) is 0 Å². The Hall–Kier alpha value is -2.84. The lowest BCUT2D eigenvalue weighted by Crippen LogP contribution is -2.44. The smallest absolute Gasteiger partial charge is 0.307 e. The zero-order chi connectivity index (χ0) is 19.9. The molecule has 0 bridgehead atoms. The minimum atomic E-state index is -0.743. The van der Waals surface area contributed by atoms with Gasteiger partial charge in [-0.25, -0.2) is 9.07 Å². The molecule has 1 saturated heterocycles. The number of carbonyl (C=O) groups is 2. The Kier molecular flexibility index (Phi) is 4.60. The van der Waals surface area contributed by atoms with Crippen molar-refractivity contribution >= 4 is 11.9 Å². The van der Waals surface area contributed by atoms with E-state index in [9.17, 15) is 19.1 Å². The molecule has 2 heterocycles. The highest BCUT2D eigenvalue weighted by Crippen LogP contribution is 2.59. The molecule has 8 nitrogen and oxygen atoms in total. The fraction of sp³-hybridized carbons (Fsp3) is 0.526. The highest BCUT2D eigenvalue weighted by molar-refractivity contribution is 5.81. The molecule has 1 spiro atoms. The van der Waals surface area contributed by atoms with Crippen LogP contribution in [0.2, 0.25) is 0 Å². The lowest BCUT2D eigenvalue weighted by molar-refractivity contribution is -0.140. The number of amides is 1. The van der Waals surface area contributed by atoms with E-state index < -0.39 is 12.0 Å². The summed E-state index contributed by atoms with van der Waals surface area (Å²) in [6.07, 6.45) is 2.36. The summed E-state index contributed by atoms with van der Waals surface area (Å²) in [6.45, 7) is 2.76. The van der Waals surface area contributed by atoms with Crippen LogP contribution in [0.3, 0.4) is 0 Å². The van der Waals surface area contributed by atoms with Crippen molar-refractivity contribution in [2.24, 2.45) is 11.3 Å². The summed E-state index contributed by atoms with van der Waals surface area (Å²) >= 11 is 0. The van der Waals surface area contributed by atoms with Gasteiger partial charge in [0.1, 0.15) is 17.7 Å². The molecule has 1 amide bonds. The molecule has 2 unspecified atom stereocenters. The molecular weight excluding hydrogens is 365 g/mol. The second-order valence-corrected chi connectivity index (χ2v) is 7.80. The maximum atomic E-state index is 13.6. The largest absolute Gasteiger partial charge is 0.481 e. The number of carbonyl (C=O) groups excluding carboxylic acids is 1. The van der Waals surface area contributed by atoms with E-state index in [0.29, 0.717) is 43.7 Å². The van der Waals surface area contributed by atoms with E-state index in [4.69, 9.17) is 0 Å². The molecule has 2 fully saturated rings. The molecule has 148 valence electrons. The van der Waals surface area contributed by atoms with Crippen molar-refractivity contribution in [2.45, 2.75) is 38.6 Å². The van der Waals surface area contributed by atoms with Gasteiger partial charge in [0.2, 0.25) is 5.91 Å². The van der Waals surface area contributed by atoms with Gasteiger partial charge in [-0.3, -0.25) is 9.59 Å². The van der Waals surface area contributed by atoms with Crippen molar-refractivity contribution < 1.29 is 19.1 Å². The van der Waals surface area contributed by atoms with Crippen molar-refractivity contribution in [1.82, 2.24) is 25.1 Å². The molecule has 2 aliphatic rings. The number of hydrogen-bond donors (Lipinski definition) is 1. The summed E-state index contributed by atoms with van der Waals surface area (Å²) < 4.78 is 15.1. The second-order valence-electron chi connectivity index (χ2n) is 7.80. The van der Waals surface area contributed by atoms with E-state index in [2.05, 4.69) is 15.5 Å². The number of aliphatic carboxylic acids is 1. The summed E-state index contributed by atoms with van der Waals surface area (Å²) in [7, 11) is 0. The van der Waals surface area contributed by atoms with Crippen LogP contribution in [-0.2, 0) is 16.0 Å². The molecule has 1 aliphatic carbocycles. The highest BCUT2D eigenvalue weighted by Gasteiger charge is 2.59. The maximum absolute atomic E-state index is 13.6. The number of nitrogens with zero attached hydrogens (tertiary/aromatic N) is 5. The van der Waals surface area contributed by atoms with Crippen molar-refractivity contribution in [3.63, 3.8) is 0 Å². The predicted octanol–water partition coefficient (Wildman–Crippen LogP) is 1.62. The van der Waals surface area contributed by atoms with Gasteiger partial charge in [0.05, 0.1) is 5.92 Å². The summed E-state index contributed by atoms with van der Waals surface area (Å²) in [4.78, 5) is 26.3. The number of aromatic nitrogens is 4. The number of likely N-dealkylation sites (tertiary alicyclic amines) is 1. The normalized spacial score (nSPS) is 21.5. The van der Waals surface area contributed by atoms with Gasteiger partial charge in [0.25, 0.3) is 0 Å². The Morgan fingerprint density at radius 3 is 2.68 bits per heavy atom. The number of piperidine rings is 1. The molecule has 0 radical (unpaired) electrons. The van der Waals surface area contributed by atoms with E-state index in [1.165, 1.54) is 16.8 Å². The number of aryl methyl sites for hydroxylation is 1. The molecular formula is C19H22FN5O3. The summed E-state index contributed by atoms with van der Waals surface area (Å²) in [5.41, 5.74) is 0.542. The highest BCUT2D eigenvalue weighted by atomic mass is 19.1. The molecule has 1 aromatic carbocycles. The Bertz CT molecular complexity index is 906. The van der Waals surface area contributed by atoms with Gasteiger partial charge < -0.3 is 10.0 Å². The Labute approximate surface area is 161 Å². The first-order valence-electron chi connectivity index (χ1n) is 9.40. The quantitative estimate of drug-likeness (QED) is 0.837. The molecule has 2 aromatic rings. The summed E-state index contributed by atoms with van der Waals surface area (Å²) in [5.74, 6) is -0.994. The fourth-order valence-corrected chi connectivity index (χ4v) is 4.32. The van der Waals surface area contributed by atoms with E-state index in [1.54, 1.807) is 24.0 Å². The van der Waals surface area contributed by atoms with Gasteiger partial charge >= 0.3 is 5.97 Å². The number of benzene rings is 1.